The minimum Gasteiger partial charge on any atom is -0.456 e. The van der Waals surface area contributed by atoms with Gasteiger partial charge in [0, 0.05) is 6.42 Å². The van der Waals surface area contributed by atoms with Crippen molar-refractivity contribution in [2.45, 2.75) is 45.6 Å². The van der Waals surface area contributed by atoms with E-state index in [0.717, 1.165) is 24.5 Å². The first kappa shape index (κ1) is 14.5. The van der Waals surface area contributed by atoms with Gasteiger partial charge in [0.25, 0.3) is 0 Å². The minimum atomic E-state index is -0.448. The van der Waals surface area contributed by atoms with Crippen LogP contribution in [0.1, 0.15) is 48.3 Å². The Kier molecular flexibility index (Phi) is 4.58. The van der Waals surface area contributed by atoms with Crippen LogP contribution in [0.25, 0.3) is 0 Å². The Morgan fingerprint density at radius 2 is 2.16 bits per heavy atom. The van der Waals surface area contributed by atoms with Crippen LogP contribution in [0.4, 0.5) is 0 Å². The van der Waals surface area contributed by atoms with Gasteiger partial charge in [0.2, 0.25) is 0 Å². The van der Waals surface area contributed by atoms with Gasteiger partial charge in [0.1, 0.15) is 10.5 Å². The first-order chi connectivity index (χ1) is 8.94. The highest BCUT2D eigenvalue weighted by Gasteiger charge is 2.21. The number of nitrogens with zero attached hydrogens (tertiary/aromatic N) is 1. The molecule has 5 heteroatoms. The molecule has 0 amide bonds. The molecule has 0 aliphatic carbocycles. The second-order valence-corrected chi connectivity index (χ2v) is 7.13. The standard InChI is InChI=1S/C14H22N2O2S/c1-14(2,3)18-13(17)11-9-16-12(19-11)8-10-4-6-15-7-5-10/h9-10,15H,4-8H2,1-3H3. The molecule has 1 aromatic heterocycles. The molecule has 4 nitrogen and oxygen atoms in total. The van der Waals surface area contributed by atoms with Crippen LogP contribution in [-0.2, 0) is 11.2 Å². The zero-order chi connectivity index (χ0) is 13.9. The molecule has 0 bridgehead atoms. The van der Waals surface area contributed by atoms with E-state index in [1.165, 1.54) is 24.2 Å². The van der Waals surface area contributed by atoms with Crippen molar-refractivity contribution in [1.82, 2.24) is 10.3 Å². The summed E-state index contributed by atoms with van der Waals surface area (Å²) in [5.41, 5.74) is -0.448. The largest absolute Gasteiger partial charge is 0.456 e. The first-order valence-electron chi connectivity index (χ1n) is 6.83. The molecule has 1 saturated heterocycles. The van der Waals surface area contributed by atoms with Gasteiger partial charge in [0.05, 0.1) is 11.2 Å². The summed E-state index contributed by atoms with van der Waals surface area (Å²) in [5, 5.41) is 4.41. The average Bonchev–Trinajstić information content (AvgIpc) is 2.77. The van der Waals surface area contributed by atoms with Crippen molar-refractivity contribution >= 4 is 17.3 Å². The molecule has 0 aromatic carbocycles. The summed E-state index contributed by atoms with van der Waals surface area (Å²) in [7, 11) is 0. The van der Waals surface area contributed by atoms with Gasteiger partial charge in [0.15, 0.2) is 0 Å². The number of hydrogen-bond donors (Lipinski definition) is 1. The van der Waals surface area contributed by atoms with Crippen LogP contribution in [0.2, 0.25) is 0 Å². The fraction of sp³-hybridized carbons (Fsp3) is 0.714. The van der Waals surface area contributed by atoms with E-state index in [1.807, 2.05) is 20.8 Å². The van der Waals surface area contributed by atoms with Crippen molar-refractivity contribution in [1.29, 1.82) is 0 Å². The van der Waals surface area contributed by atoms with Crippen LogP contribution in [0.5, 0.6) is 0 Å². The van der Waals surface area contributed by atoms with E-state index in [-0.39, 0.29) is 5.97 Å². The van der Waals surface area contributed by atoms with Crippen LogP contribution in [0, 0.1) is 5.92 Å². The minimum absolute atomic E-state index is 0.262. The topological polar surface area (TPSA) is 51.2 Å². The van der Waals surface area contributed by atoms with Crippen LogP contribution in [0.3, 0.4) is 0 Å². The van der Waals surface area contributed by atoms with Crippen LogP contribution >= 0.6 is 11.3 Å². The third-order valence-corrected chi connectivity index (χ3v) is 4.08. The van der Waals surface area contributed by atoms with E-state index >= 15 is 0 Å². The molecule has 1 N–H and O–H groups in total. The maximum absolute atomic E-state index is 11.9. The molecular weight excluding hydrogens is 260 g/mol. The summed E-state index contributed by atoms with van der Waals surface area (Å²) in [6.07, 6.45) is 5.02. The van der Waals surface area contributed by atoms with Crippen LogP contribution in [-0.4, -0.2) is 29.6 Å². The smallest absolute Gasteiger partial charge is 0.350 e. The van der Waals surface area contributed by atoms with E-state index in [1.54, 1.807) is 6.20 Å². The lowest BCUT2D eigenvalue weighted by atomic mass is 9.95. The van der Waals surface area contributed by atoms with Crippen molar-refractivity contribution in [3.05, 3.63) is 16.1 Å². The van der Waals surface area contributed by atoms with Gasteiger partial charge in [-0.05, 0) is 52.6 Å². The summed E-state index contributed by atoms with van der Waals surface area (Å²) in [5.74, 6) is 0.431. The van der Waals surface area contributed by atoms with Crippen LogP contribution < -0.4 is 5.32 Å². The average molecular weight is 282 g/mol. The normalized spacial score (nSPS) is 17.4. The van der Waals surface area contributed by atoms with E-state index < -0.39 is 5.60 Å². The number of esters is 1. The second-order valence-electron chi connectivity index (χ2n) is 6.02. The van der Waals surface area contributed by atoms with Crippen molar-refractivity contribution < 1.29 is 9.53 Å². The van der Waals surface area contributed by atoms with E-state index in [0.29, 0.717) is 10.8 Å². The maximum Gasteiger partial charge on any atom is 0.350 e. The molecule has 19 heavy (non-hydrogen) atoms. The zero-order valence-corrected chi connectivity index (χ0v) is 12.7. The van der Waals surface area contributed by atoms with Gasteiger partial charge in [-0.25, -0.2) is 9.78 Å². The number of aromatic nitrogens is 1. The summed E-state index contributed by atoms with van der Waals surface area (Å²) < 4.78 is 5.35. The van der Waals surface area contributed by atoms with Gasteiger partial charge in [-0.2, -0.15) is 0 Å². The Morgan fingerprint density at radius 1 is 1.47 bits per heavy atom. The highest BCUT2D eigenvalue weighted by atomic mass is 32.1. The quantitative estimate of drug-likeness (QED) is 0.866. The number of thiazole rings is 1. The molecule has 1 aliphatic heterocycles. The Hall–Kier alpha value is -0.940. The van der Waals surface area contributed by atoms with Gasteiger partial charge in [-0.15, -0.1) is 11.3 Å². The van der Waals surface area contributed by atoms with E-state index in [4.69, 9.17) is 4.74 Å². The lowest BCUT2D eigenvalue weighted by molar-refractivity contribution is 0.00750. The SMILES string of the molecule is CC(C)(C)OC(=O)c1cnc(CC2CCNCC2)s1. The molecule has 2 rings (SSSR count). The highest BCUT2D eigenvalue weighted by Crippen LogP contribution is 2.23. The number of rotatable bonds is 3. The fourth-order valence-electron chi connectivity index (χ4n) is 2.16. The predicted octanol–water partition coefficient (Wildman–Crippen LogP) is 2.64. The molecule has 1 aromatic rings. The lowest BCUT2D eigenvalue weighted by Crippen LogP contribution is -2.28. The predicted molar refractivity (Wildman–Crippen MR) is 76.6 cm³/mol. The van der Waals surface area contributed by atoms with Gasteiger partial charge in [-0.3, -0.25) is 0 Å². The molecule has 1 aliphatic rings. The maximum atomic E-state index is 11.9. The molecule has 1 fully saturated rings. The van der Waals surface area contributed by atoms with Gasteiger partial charge >= 0.3 is 5.97 Å². The molecule has 0 radical (unpaired) electrons. The number of ether oxygens (including phenoxy) is 1. The molecule has 106 valence electrons. The van der Waals surface area contributed by atoms with Crippen molar-refractivity contribution in [3.8, 4) is 0 Å². The fourth-order valence-corrected chi connectivity index (χ4v) is 3.07. The van der Waals surface area contributed by atoms with Crippen LogP contribution in [0.15, 0.2) is 6.20 Å². The molecular formula is C14H22N2O2S. The molecule has 0 spiro atoms. The van der Waals surface area contributed by atoms with E-state index in [9.17, 15) is 4.79 Å². The summed E-state index contributed by atoms with van der Waals surface area (Å²) in [6.45, 7) is 7.82. The number of hydrogen-bond acceptors (Lipinski definition) is 5. The summed E-state index contributed by atoms with van der Waals surface area (Å²) >= 11 is 1.47. The number of piperidine rings is 1. The Labute approximate surface area is 118 Å². The Morgan fingerprint density at radius 3 is 2.79 bits per heavy atom. The van der Waals surface area contributed by atoms with Crippen molar-refractivity contribution in [2.24, 2.45) is 5.92 Å². The third kappa shape index (κ3) is 4.58. The number of carbonyl (C=O) groups is 1. The first-order valence-corrected chi connectivity index (χ1v) is 7.64. The second kappa shape index (κ2) is 6.01. The summed E-state index contributed by atoms with van der Waals surface area (Å²) in [6, 6.07) is 0. The van der Waals surface area contributed by atoms with Crippen molar-refractivity contribution in [3.63, 3.8) is 0 Å². The molecule has 0 saturated carbocycles. The third-order valence-electron chi connectivity index (χ3n) is 3.08. The zero-order valence-electron chi connectivity index (χ0n) is 11.9. The van der Waals surface area contributed by atoms with Gasteiger partial charge < -0.3 is 10.1 Å². The van der Waals surface area contributed by atoms with Gasteiger partial charge in [-0.1, -0.05) is 0 Å². The Balaban J connectivity index is 1.92. The number of carbonyl (C=O) groups excluding carboxylic acids is 1. The summed E-state index contributed by atoms with van der Waals surface area (Å²) in [4.78, 5) is 16.9. The monoisotopic (exact) mass is 282 g/mol. The van der Waals surface area contributed by atoms with Crippen molar-refractivity contribution in [2.75, 3.05) is 13.1 Å². The molecule has 0 atom stereocenters. The number of nitrogens with one attached hydrogen (secondary N) is 1. The Bertz CT molecular complexity index is 431. The molecule has 0 unspecified atom stereocenters. The molecule has 2 heterocycles. The van der Waals surface area contributed by atoms with E-state index in [2.05, 4.69) is 10.3 Å². The highest BCUT2D eigenvalue weighted by molar-refractivity contribution is 7.13. The lowest BCUT2D eigenvalue weighted by Gasteiger charge is -2.21.